The lowest BCUT2D eigenvalue weighted by molar-refractivity contribution is 0.669. The molecule has 2 heterocycles. The zero-order valence-corrected chi connectivity index (χ0v) is 28.5. The minimum Gasteiger partial charge on any atom is -0.456 e. The molecule has 0 saturated carbocycles. The maximum atomic E-state index is 6.25. The second kappa shape index (κ2) is 11.7. The molecule has 9 aromatic carbocycles. The van der Waals surface area contributed by atoms with Gasteiger partial charge in [0.2, 0.25) is 0 Å². The average Bonchev–Trinajstić information content (AvgIpc) is 3.62. The molecule has 246 valence electrons. The van der Waals surface area contributed by atoms with Crippen LogP contribution in [0.5, 0.6) is 0 Å². The van der Waals surface area contributed by atoms with Crippen molar-refractivity contribution in [3.8, 4) is 45.3 Å². The van der Waals surface area contributed by atoms with E-state index in [9.17, 15) is 0 Å². The van der Waals surface area contributed by atoms with Crippen LogP contribution in [0.15, 0.2) is 180 Å². The van der Waals surface area contributed by atoms with E-state index in [0.717, 1.165) is 44.2 Å². The van der Waals surface area contributed by atoms with Gasteiger partial charge >= 0.3 is 0 Å². The first-order valence-corrected chi connectivity index (χ1v) is 17.9. The van der Waals surface area contributed by atoms with Crippen molar-refractivity contribution in [2.24, 2.45) is 0 Å². The Balaban J connectivity index is 1.16. The molecule has 4 heteroatoms. The minimum absolute atomic E-state index is 0.603. The van der Waals surface area contributed by atoms with Crippen LogP contribution in [0.3, 0.4) is 0 Å². The Bertz CT molecular complexity index is 3240. The van der Waals surface area contributed by atoms with Gasteiger partial charge in [-0.1, -0.05) is 152 Å². The monoisotopic (exact) mass is 675 g/mol. The minimum atomic E-state index is 0.603. The van der Waals surface area contributed by atoms with E-state index < -0.39 is 0 Å². The smallest absolute Gasteiger partial charge is 0.164 e. The van der Waals surface area contributed by atoms with Crippen molar-refractivity contribution in [3.05, 3.63) is 176 Å². The third-order valence-corrected chi connectivity index (χ3v) is 10.5. The van der Waals surface area contributed by atoms with Crippen molar-refractivity contribution in [1.29, 1.82) is 0 Å². The molecule has 53 heavy (non-hydrogen) atoms. The van der Waals surface area contributed by atoms with Crippen molar-refractivity contribution < 1.29 is 4.42 Å². The maximum absolute atomic E-state index is 6.25. The number of furan rings is 1. The SMILES string of the molecule is c1ccc(-c2nc(-c3cccc(-c4cc5c6ccccc6c6ccccc6c5c5ccccc45)c3)nc(-c3cccc4oc5ccccc5c34)n2)cc1. The predicted octanol–water partition coefficient (Wildman–Crippen LogP) is 13.1. The lowest BCUT2D eigenvalue weighted by Gasteiger charge is -2.16. The van der Waals surface area contributed by atoms with Gasteiger partial charge in [0, 0.05) is 27.5 Å². The number of aromatic nitrogens is 3. The zero-order chi connectivity index (χ0) is 34.9. The second-order valence-corrected chi connectivity index (χ2v) is 13.5. The van der Waals surface area contributed by atoms with Crippen molar-refractivity contribution >= 4 is 65.0 Å². The Labute approximate surface area is 304 Å². The number of benzene rings is 9. The van der Waals surface area contributed by atoms with E-state index in [0.29, 0.717) is 17.5 Å². The number of para-hydroxylation sites is 1. The fourth-order valence-corrected chi connectivity index (χ4v) is 8.13. The number of hydrogen-bond donors (Lipinski definition) is 0. The van der Waals surface area contributed by atoms with Crippen LogP contribution in [-0.2, 0) is 0 Å². The molecule has 0 aliphatic heterocycles. The molecule has 4 nitrogen and oxygen atoms in total. The fraction of sp³-hybridized carbons (Fsp3) is 0. The summed E-state index contributed by atoms with van der Waals surface area (Å²) in [5.74, 6) is 1.84. The number of fused-ring (bicyclic) bond motifs is 11. The van der Waals surface area contributed by atoms with Gasteiger partial charge in [-0.3, -0.25) is 0 Å². The van der Waals surface area contributed by atoms with Gasteiger partial charge in [0.25, 0.3) is 0 Å². The molecule has 0 spiro atoms. The summed E-state index contributed by atoms with van der Waals surface area (Å²) in [5, 5.41) is 12.1. The predicted molar refractivity (Wildman–Crippen MR) is 219 cm³/mol. The Hall–Kier alpha value is -7.17. The van der Waals surface area contributed by atoms with E-state index >= 15 is 0 Å². The van der Waals surface area contributed by atoms with Gasteiger partial charge in [-0.25, -0.2) is 15.0 Å². The lowest BCUT2D eigenvalue weighted by atomic mass is 9.87. The molecule has 0 N–H and O–H groups in total. The molecule has 0 bridgehead atoms. The molecule has 0 radical (unpaired) electrons. The molecule has 2 aromatic heterocycles. The third kappa shape index (κ3) is 4.66. The highest BCUT2D eigenvalue weighted by molar-refractivity contribution is 6.33. The molecule has 0 unspecified atom stereocenters. The first-order chi connectivity index (χ1) is 26.3. The number of rotatable bonds is 4. The molecule has 11 aromatic rings. The summed E-state index contributed by atoms with van der Waals surface area (Å²) in [4.78, 5) is 15.4. The van der Waals surface area contributed by atoms with Crippen molar-refractivity contribution in [2.45, 2.75) is 0 Å². The van der Waals surface area contributed by atoms with Crippen LogP contribution < -0.4 is 0 Å². The first kappa shape index (κ1) is 29.5. The standard InChI is InChI=1S/C49H29N3O/c1-2-14-30(15-3-1)47-50-48(52-49(51-47)40-25-13-27-44-46(40)39-24-10-11-26-43(39)53-44)32-17-12-16-31(28-32)41-29-42-35-20-5-4-18-33(35)34-19-6-8-22-37(34)45(42)38-23-9-7-21-36(38)41/h1-29H. The molecule has 0 saturated heterocycles. The van der Waals surface area contributed by atoms with Gasteiger partial charge in [-0.15, -0.1) is 0 Å². The Morgan fingerprint density at radius 3 is 1.57 bits per heavy atom. The highest BCUT2D eigenvalue weighted by Gasteiger charge is 2.19. The van der Waals surface area contributed by atoms with Crippen LogP contribution >= 0.6 is 0 Å². The summed E-state index contributed by atoms with van der Waals surface area (Å²) < 4.78 is 6.25. The van der Waals surface area contributed by atoms with E-state index in [1.54, 1.807) is 0 Å². The summed E-state index contributed by atoms with van der Waals surface area (Å²) in [6.07, 6.45) is 0. The van der Waals surface area contributed by atoms with Gasteiger partial charge in [0.15, 0.2) is 17.5 Å². The van der Waals surface area contributed by atoms with Crippen LogP contribution in [0, 0.1) is 0 Å². The molecular weight excluding hydrogens is 647 g/mol. The topological polar surface area (TPSA) is 51.8 Å². The molecule has 0 fully saturated rings. The van der Waals surface area contributed by atoms with Crippen LogP contribution in [0.2, 0.25) is 0 Å². The fourth-order valence-electron chi connectivity index (χ4n) is 8.13. The van der Waals surface area contributed by atoms with Crippen molar-refractivity contribution in [1.82, 2.24) is 15.0 Å². The molecule has 0 amide bonds. The van der Waals surface area contributed by atoms with Gasteiger partial charge < -0.3 is 4.42 Å². The molecule has 0 atom stereocenters. The van der Waals surface area contributed by atoms with Gasteiger partial charge in [-0.2, -0.15) is 0 Å². The Morgan fingerprint density at radius 1 is 0.283 bits per heavy atom. The van der Waals surface area contributed by atoms with E-state index in [1.165, 1.54) is 48.7 Å². The van der Waals surface area contributed by atoms with Crippen molar-refractivity contribution in [2.75, 3.05) is 0 Å². The van der Waals surface area contributed by atoms with Crippen LogP contribution in [0.25, 0.3) is 110 Å². The molecule has 0 aliphatic rings. The van der Waals surface area contributed by atoms with E-state index in [1.807, 2.05) is 60.7 Å². The Morgan fingerprint density at radius 2 is 0.792 bits per heavy atom. The third-order valence-electron chi connectivity index (χ3n) is 10.5. The van der Waals surface area contributed by atoms with Gasteiger partial charge in [0.05, 0.1) is 0 Å². The summed E-state index contributed by atoms with van der Waals surface area (Å²) in [6, 6.07) is 61.6. The zero-order valence-electron chi connectivity index (χ0n) is 28.5. The maximum Gasteiger partial charge on any atom is 0.164 e. The van der Waals surface area contributed by atoms with Gasteiger partial charge in [0.1, 0.15) is 11.2 Å². The summed E-state index contributed by atoms with van der Waals surface area (Å²) in [5.41, 5.74) is 6.66. The second-order valence-electron chi connectivity index (χ2n) is 13.5. The summed E-state index contributed by atoms with van der Waals surface area (Å²) >= 11 is 0. The largest absolute Gasteiger partial charge is 0.456 e. The molecule has 0 aliphatic carbocycles. The van der Waals surface area contributed by atoms with Gasteiger partial charge in [-0.05, 0) is 78.5 Å². The highest BCUT2D eigenvalue weighted by Crippen LogP contribution is 2.43. The quantitative estimate of drug-likeness (QED) is 0.174. The Kier molecular flexibility index (Phi) is 6.52. The van der Waals surface area contributed by atoms with E-state index in [-0.39, 0.29) is 0 Å². The molecule has 11 rings (SSSR count). The van der Waals surface area contributed by atoms with Crippen LogP contribution in [-0.4, -0.2) is 15.0 Å². The van der Waals surface area contributed by atoms with Crippen molar-refractivity contribution in [3.63, 3.8) is 0 Å². The average molecular weight is 676 g/mol. The van der Waals surface area contributed by atoms with Crippen LogP contribution in [0.1, 0.15) is 0 Å². The highest BCUT2D eigenvalue weighted by atomic mass is 16.3. The first-order valence-electron chi connectivity index (χ1n) is 17.9. The number of hydrogen-bond acceptors (Lipinski definition) is 4. The summed E-state index contributed by atoms with van der Waals surface area (Å²) in [7, 11) is 0. The van der Waals surface area contributed by atoms with E-state index in [2.05, 4.69) is 115 Å². The van der Waals surface area contributed by atoms with Crippen LogP contribution in [0.4, 0.5) is 0 Å². The summed E-state index contributed by atoms with van der Waals surface area (Å²) in [6.45, 7) is 0. The normalized spacial score (nSPS) is 11.8. The lowest BCUT2D eigenvalue weighted by Crippen LogP contribution is -2.00. The van der Waals surface area contributed by atoms with E-state index in [4.69, 9.17) is 19.4 Å². The molecular formula is C49H29N3O. The number of nitrogens with zero attached hydrogens (tertiary/aromatic N) is 3.